The molecule has 1 aromatic rings. The molecule has 0 spiro atoms. The van der Waals surface area contributed by atoms with Gasteiger partial charge in [-0.1, -0.05) is 24.3 Å². The number of rotatable bonds is 3. The van der Waals surface area contributed by atoms with Gasteiger partial charge < -0.3 is 20.3 Å². The molecule has 0 saturated heterocycles. The standard InChI is InChI=1S/C11H14O2.C5H11NO2/c12-5-6-13-11-7-9-3-1-2-4-10(9)8-11;1-5(2,3)8-4(6)7/h1-4,11-12H,5-8H2;1-3H3,(H2,6,7). The highest BCUT2D eigenvalue weighted by Gasteiger charge is 2.20. The molecule has 0 fully saturated rings. The van der Waals surface area contributed by atoms with Gasteiger partial charge in [0, 0.05) is 0 Å². The molecular formula is C16H25NO4. The van der Waals surface area contributed by atoms with Crippen LogP contribution in [0.2, 0.25) is 0 Å². The average molecular weight is 295 g/mol. The summed E-state index contributed by atoms with van der Waals surface area (Å²) >= 11 is 0. The minimum absolute atomic E-state index is 0.118. The Bertz CT molecular complexity index is 429. The minimum atomic E-state index is -0.725. The number of hydrogen-bond acceptors (Lipinski definition) is 4. The van der Waals surface area contributed by atoms with Gasteiger partial charge in [-0.15, -0.1) is 0 Å². The fourth-order valence-corrected chi connectivity index (χ4v) is 2.16. The molecule has 2 rings (SSSR count). The molecule has 0 aromatic heterocycles. The summed E-state index contributed by atoms with van der Waals surface area (Å²) in [7, 11) is 0. The van der Waals surface area contributed by atoms with Crippen molar-refractivity contribution in [2.45, 2.75) is 45.3 Å². The number of primary amides is 1. The van der Waals surface area contributed by atoms with Crippen molar-refractivity contribution in [3.8, 4) is 0 Å². The number of aliphatic hydroxyl groups excluding tert-OH is 1. The Labute approximate surface area is 126 Å². The highest BCUT2D eigenvalue weighted by atomic mass is 16.6. The Balaban J connectivity index is 0.000000240. The summed E-state index contributed by atoms with van der Waals surface area (Å²) in [6.45, 7) is 5.86. The highest BCUT2D eigenvalue weighted by molar-refractivity contribution is 5.65. The first-order valence-electron chi connectivity index (χ1n) is 7.09. The highest BCUT2D eigenvalue weighted by Crippen LogP contribution is 2.23. The molecule has 0 unspecified atom stereocenters. The number of fused-ring (bicyclic) bond motifs is 1. The van der Waals surface area contributed by atoms with E-state index < -0.39 is 11.7 Å². The van der Waals surface area contributed by atoms with Gasteiger partial charge in [-0.2, -0.15) is 0 Å². The predicted molar refractivity (Wildman–Crippen MR) is 81.1 cm³/mol. The summed E-state index contributed by atoms with van der Waals surface area (Å²) in [5, 5.41) is 8.62. The van der Waals surface area contributed by atoms with E-state index >= 15 is 0 Å². The molecule has 0 bridgehead atoms. The van der Waals surface area contributed by atoms with Gasteiger partial charge >= 0.3 is 6.09 Å². The molecular weight excluding hydrogens is 270 g/mol. The lowest BCUT2D eigenvalue weighted by Gasteiger charge is -2.16. The summed E-state index contributed by atoms with van der Waals surface area (Å²) < 4.78 is 10.1. The maximum Gasteiger partial charge on any atom is 0.405 e. The van der Waals surface area contributed by atoms with Crippen LogP contribution >= 0.6 is 0 Å². The largest absolute Gasteiger partial charge is 0.444 e. The zero-order valence-electron chi connectivity index (χ0n) is 13.0. The molecule has 0 radical (unpaired) electrons. The Morgan fingerprint density at radius 3 is 2.14 bits per heavy atom. The van der Waals surface area contributed by atoms with E-state index in [1.165, 1.54) is 11.1 Å². The third-order valence-corrected chi connectivity index (χ3v) is 2.87. The van der Waals surface area contributed by atoms with Crippen molar-refractivity contribution in [2.24, 2.45) is 5.73 Å². The van der Waals surface area contributed by atoms with Crippen molar-refractivity contribution in [2.75, 3.05) is 13.2 Å². The van der Waals surface area contributed by atoms with E-state index in [2.05, 4.69) is 29.0 Å². The molecule has 21 heavy (non-hydrogen) atoms. The van der Waals surface area contributed by atoms with Crippen LogP contribution in [0, 0.1) is 0 Å². The predicted octanol–water partition coefficient (Wildman–Crippen LogP) is 2.04. The van der Waals surface area contributed by atoms with E-state index in [0.29, 0.717) is 6.61 Å². The molecule has 0 heterocycles. The quantitative estimate of drug-likeness (QED) is 0.894. The van der Waals surface area contributed by atoms with Crippen LogP contribution in [0.4, 0.5) is 4.79 Å². The summed E-state index contributed by atoms with van der Waals surface area (Å²) in [5.41, 5.74) is 7.05. The average Bonchev–Trinajstić information content (AvgIpc) is 2.76. The van der Waals surface area contributed by atoms with E-state index in [-0.39, 0.29) is 12.7 Å². The second-order valence-corrected chi connectivity index (χ2v) is 5.93. The zero-order chi connectivity index (χ0) is 15.9. The number of carbonyl (C=O) groups is 1. The van der Waals surface area contributed by atoms with Crippen molar-refractivity contribution in [1.82, 2.24) is 0 Å². The lowest BCUT2D eigenvalue weighted by molar-refractivity contribution is 0.0349. The van der Waals surface area contributed by atoms with Gasteiger partial charge in [0.05, 0.1) is 19.3 Å². The minimum Gasteiger partial charge on any atom is -0.444 e. The van der Waals surface area contributed by atoms with Crippen LogP contribution in [-0.2, 0) is 22.3 Å². The van der Waals surface area contributed by atoms with E-state index in [4.69, 9.17) is 15.6 Å². The number of ether oxygens (including phenoxy) is 2. The molecule has 118 valence electrons. The van der Waals surface area contributed by atoms with Gasteiger partial charge in [0.25, 0.3) is 0 Å². The van der Waals surface area contributed by atoms with E-state index in [1.807, 2.05) is 0 Å². The van der Waals surface area contributed by atoms with Crippen LogP contribution in [0.5, 0.6) is 0 Å². The number of nitrogens with two attached hydrogens (primary N) is 1. The normalized spacial score (nSPS) is 14.1. The van der Waals surface area contributed by atoms with E-state index in [9.17, 15) is 4.79 Å². The molecule has 5 nitrogen and oxygen atoms in total. The van der Waals surface area contributed by atoms with Crippen molar-refractivity contribution in [1.29, 1.82) is 0 Å². The summed E-state index contributed by atoms with van der Waals surface area (Å²) in [6, 6.07) is 8.43. The summed E-state index contributed by atoms with van der Waals surface area (Å²) in [4.78, 5) is 10.0. The van der Waals surface area contributed by atoms with Gasteiger partial charge in [0.15, 0.2) is 0 Å². The number of aliphatic hydroxyl groups is 1. The second kappa shape index (κ2) is 8.00. The number of amides is 1. The number of hydrogen-bond donors (Lipinski definition) is 2. The summed E-state index contributed by atoms with van der Waals surface area (Å²) in [6.07, 6.45) is 1.55. The van der Waals surface area contributed by atoms with Crippen LogP contribution in [0.3, 0.4) is 0 Å². The van der Waals surface area contributed by atoms with Crippen molar-refractivity contribution >= 4 is 6.09 Å². The van der Waals surface area contributed by atoms with Crippen LogP contribution in [-0.4, -0.2) is 36.1 Å². The topological polar surface area (TPSA) is 81.8 Å². The van der Waals surface area contributed by atoms with Crippen molar-refractivity contribution < 1.29 is 19.4 Å². The summed E-state index contributed by atoms with van der Waals surface area (Å²) in [5.74, 6) is 0. The first-order valence-corrected chi connectivity index (χ1v) is 7.09. The van der Waals surface area contributed by atoms with Gasteiger partial charge in [0.1, 0.15) is 5.60 Å². The Morgan fingerprint density at radius 2 is 1.81 bits per heavy atom. The molecule has 1 amide bonds. The molecule has 1 aromatic carbocycles. The smallest absolute Gasteiger partial charge is 0.405 e. The lowest BCUT2D eigenvalue weighted by Crippen LogP contribution is -2.27. The Kier molecular flexibility index (Phi) is 6.65. The third kappa shape index (κ3) is 7.11. The Morgan fingerprint density at radius 1 is 1.29 bits per heavy atom. The van der Waals surface area contributed by atoms with Crippen LogP contribution in [0.1, 0.15) is 31.9 Å². The van der Waals surface area contributed by atoms with Crippen molar-refractivity contribution in [3.63, 3.8) is 0 Å². The van der Waals surface area contributed by atoms with Crippen LogP contribution in [0.15, 0.2) is 24.3 Å². The van der Waals surface area contributed by atoms with Crippen LogP contribution in [0.25, 0.3) is 0 Å². The first kappa shape index (κ1) is 17.5. The molecule has 0 saturated carbocycles. The SMILES string of the molecule is CC(C)(C)OC(N)=O.OCCOC1Cc2ccccc2C1. The van der Waals surface area contributed by atoms with Gasteiger partial charge in [-0.05, 0) is 44.7 Å². The number of carbonyl (C=O) groups excluding carboxylic acids is 1. The number of benzene rings is 1. The Hall–Kier alpha value is -1.59. The first-order chi connectivity index (χ1) is 9.81. The molecule has 5 heteroatoms. The van der Waals surface area contributed by atoms with E-state index in [0.717, 1.165) is 12.8 Å². The fraction of sp³-hybridized carbons (Fsp3) is 0.562. The molecule has 1 aliphatic rings. The monoisotopic (exact) mass is 295 g/mol. The van der Waals surface area contributed by atoms with Gasteiger partial charge in [-0.25, -0.2) is 4.79 Å². The maximum absolute atomic E-state index is 10.0. The third-order valence-electron chi connectivity index (χ3n) is 2.87. The van der Waals surface area contributed by atoms with E-state index in [1.54, 1.807) is 20.8 Å². The maximum atomic E-state index is 10.0. The zero-order valence-corrected chi connectivity index (χ0v) is 13.0. The van der Waals surface area contributed by atoms with Gasteiger partial charge in [0.2, 0.25) is 0 Å². The fourth-order valence-electron chi connectivity index (χ4n) is 2.16. The molecule has 0 aliphatic heterocycles. The molecule has 0 atom stereocenters. The molecule has 3 N–H and O–H groups in total. The second-order valence-electron chi connectivity index (χ2n) is 5.93. The van der Waals surface area contributed by atoms with Crippen molar-refractivity contribution in [3.05, 3.63) is 35.4 Å². The van der Waals surface area contributed by atoms with Gasteiger partial charge in [-0.3, -0.25) is 0 Å². The lowest BCUT2D eigenvalue weighted by atomic mass is 10.1. The van der Waals surface area contributed by atoms with Crippen LogP contribution < -0.4 is 5.73 Å². The molecule has 1 aliphatic carbocycles.